The Bertz CT molecular complexity index is 765. The van der Waals surface area contributed by atoms with Crippen molar-refractivity contribution < 1.29 is 14.3 Å². The number of piperidine rings is 1. The number of hydrogen-bond acceptors (Lipinski definition) is 5. The number of nitrogens with zero attached hydrogens (tertiary/aromatic N) is 4. The maximum Gasteiger partial charge on any atom is 0.226 e. The summed E-state index contributed by atoms with van der Waals surface area (Å²) in [6.45, 7) is 2.66. The Morgan fingerprint density at radius 2 is 1.96 bits per heavy atom. The Kier molecular flexibility index (Phi) is 4.29. The third-order valence-corrected chi connectivity index (χ3v) is 4.92. The van der Waals surface area contributed by atoms with Crippen molar-refractivity contribution in [2.45, 2.75) is 25.2 Å². The molecule has 0 radical (unpaired) electrons. The first-order chi connectivity index (χ1) is 12.2. The molecule has 0 atom stereocenters. The molecule has 0 unspecified atom stereocenters. The number of carbonyl (C=O) groups is 1. The fraction of sp³-hybridized carbons (Fsp3) is 0.500. The first-order valence-corrected chi connectivity index (χ1v) is 8.71. The predicted molar refractivity (Wildman–Crippen MR) is 90.7 cm³/mol. The molecular formula is C18H22N4O3. The Balaban J connectivity index is 1.35. The zero-order chi connectivity index (χ0) is 17.2. The molecule has 0 N–H and O–H groups in total. The molecule has 2 aromatic rings. The average Bonchev–Trinajstić information content (AvgIpc) is 3.08. The van der Waals surface area contributed by atoms with E-state index < -0.39 is 0 Å². The van der Waals surface area contributed by atoms with Gasteiger partial charge >= 0.3 is 0 Å². The number of amides is 1. The molecule has 1 saturated heterocycles. The first kappa shape index (κ1) is 15.9. The van der Waals surface area contributed by atoms with Crippen LogP contribution in [0.3, 0.4) is 0 Å². The van der Waals surface area contributed by atoms with E-state index in [2.05, 4.69) is 10.2 Å². The number of carbonyl (C=O) groups excluding carboxylic acids is 1. The number of aromatic nitrogens is 3. The van der Waals surface area contributed by atoms with Crippen molar-refractivity contribution in [2.24, 2.45) is 7.05 Å². The molecule has 1 fully saturated rings. The summed E-state index contributed by atoms with van der Waals surface area (Å²) in [5.41, 5.74) is 0.963. The molecule has 4 rings (SSSR count). The number of ether oxygens (including phenoxy) is 2. The summed E-state index contributed by atoms with van der Waals surface area (Å²) >= 11 is 0. The van der Waals surface area contributed by atoms with Crippen molar-refractivity contribution in [1.29, 1.82) is 0 Å². The molecule has 2 aliphatic heterocycles. The topological polar surface area (TPSA) is 69.5 Å². The highest BCUT2D eigenvalue weighted by molar-refractivity contribution is 5.79. The van der Waals surface area contributed by atoms with Crippen LogP contribution in [0, 0.1) is 0 Å². The monoisotopic (exact) mass is 342 g/mol. The minimum atomic E-state index is 0.160. The van der Waals surface area contributed by atoms with Crippen molar-refractivity contribution in [3.8, 4) is 11.5 Å². The second kappa shape index (κ2) is 6.74. The summed E-state index contributed by atoms with van der Waals surface area (Å²) in [6.07, 6.45) is 3.98. The maximum atomic E-state index is 12.6. The van der Waals surface area contributed by atoms with E-state index in [1.165, 1.54) is 0 Å². The van der Waals surface area contributed by atoms with Gasteiger partial charge in [0.15, 0.2) is 11.5 Å². The molecule has 1 aromatic carbocycles. The first-order valence-electron chi connectivity index (χ1n) is 8.71. The molecule has 0 aliphatic carbocycles. The van der Waals surface area contributed by atoms with Crippen molar-refractivity contribution in [2.75, 3.05) is 26.3 Å². The number of aryl methyl sites for hydroxylation is 1. The van der Waals surface area contributed by atoms with Crippen molar-refractivity contribution in [1.82, 2.24) is 19.7 Å². The van der Waals surface area contributed by atoms with E-state index in [0.717, 1.165) is 48.8 Å². The van der Waals surface area contributed by atoms with Crippen LogP contribution in [0.1, 0.15) is 30.1 Å². The zero-order valence-electron chi connectivity index (χ0n) is 14.4. The molecule has 132 valence electrons. The Labute approximate surface area is 146 Å². The van der Waals surface area contributed by atoms with E-state index in [0.29, 0.717) is 25.6 Å². The number of fused-ring (bicyclic) bond motifs is 1. The van der Waals surface area contributed by atoms with Gasteiger partial charge in [-0.1, -0.05) is 6.07 Å². The van der Waals surface area contributed by atoms with Crippen LogP contribution in [-0.2, 0) is 18.3 Å². The summed E-state index contributed by atoms with van der Waals surface area (Å²) in [7, 11) is 1.97. The van der Waals surface area contributed by atoms with Crippen LogP contribution in [0.2, 0.25) is 0 Å². The molecule has 2 aliphatic rings. The van der Waals surface area contributed by atoms with Crippen LogP contribution in [0.25, 0.3) is 0 Å². The molecule has 0 spiro atoms. The van der Waals surface area contributed by atoms with E-state index in [9.17, 15) is 4.79 Å². The van der Waals surface area contributed by atoms with Gasteiger partial charge in [-0.05, 0) is 30.5 Å². The SMILES string of the molecule is Cn1cnnc1C1CCN(C(=O)Cc2ccc3c(c2)OCCO3)CC1. The smallest absolute Gasteiger partial charge is 0.226 e. The maximum absolute atomic E-state index is 12.6. The lowest BCUT2D eigenvalue weighted by Gasteiger charge is -2.31. The third kappa shape index (κ3) is 3.31. The summed E-state index contributed by atoms with van der Waals surface area (Å²) in [6, 6.07) is 5.74. The van der Waals surface area contributed by atoms with Crippen LogP contribution in [0.15, 0.2) is 24.5 Å². The molecule has 0 bridgehead atoms. The second-order valence-electron chi connectivity index (χ2n) is 6.61. The van der Waals surface area contributed by atoms with Gasteiger partial charge in [-0.2, -0.15) is 0 Å². The fourth-order valence-electron chi connectivity index (χ4n) is 3.53. The highest BCUT2D eigenvalue weighted by Gasteiger charge is 2.26. The fourth-order valence-corrected chi connectivity index (χ4v) is 3.53. The van der Waals surface area contributed by atoms with E-state index in [1.54, 1.807) is 6.33 Å². The lowest BCUT2D eigenvalue weighted by Crippen LogP contribution is -2.39. The molecule has 0 saturated carbocycles. The van der Waals surface area contributed by atoms with E-state index in [-0.39, 0.29) is 5.91 Å². The molecule has 25 heavy (non-hydrogen) atoms. The minimum absolute atomic E-state index is 0.160. The van der Waals surface area contributed by atoms with Gasteiger partial charge < -0.3 is 18.9 Å². The minimum Gasteiger partial charge on any atom is -0.486 e. The largest absolute Gasteiger partial charge is 0.486 e. The van der Waals surface area contributed by atoms with E-state index in [1.807, 2.05) is 34.7 Å². The molecule has 3 heterocycles. The third-order valence-electron chi connectivity index (χ3n) is 4.92. The Morgan fingerprint density at radius 1 is 1.20 bits per heavy atom. The number of likely N-dealkylation sites (tertiary alicyclic amines) is 1. The van der Waals surface area contributed by atoms with Gasteiger partial charge in [0.05, 0.1) is 6.42 Å². The average molecular weight is 342 g/mol. The quantitative estimate of drug-likeness (QED) is 0.846. The lowest BCUT2D eigenvalue weighted by molar-refractivity contribution is -0.131. The molecular weight excluding hydrogens is 320 g/mol. The highest BCUT2D eigenvalue weighted by Crippen LogP contribution is 2.31. The van der Waals surface area contributed by atoms with E-state index >= 15 is 0 Å². The van der Waals surface area contributed by atoms with Crippen LogP contribution in [-0.4, -0.2) is 51.9 Å². The highest BCUT2D eigenvalue weighted by atomic mass is 16.6. The molecule has 7 heteroatoms. The zero-order valence-corrected chi connectivity index (χ0v) is 14.4. The standard InChI is InChI=1S/C18H22N4O3/c1-21-12-19-20-18(21)14-4-6-22(7-5-14)17(23)11-13-2-3-15-16(10-13)25-9-8-24-15/h2-3,10,12,14H,4-9,11H2,1H3. The van der Waals surface area contributed by atoms with Gasteiger partial charge in [0.2, 0.25) is 5.91 Å². The van der Waals surface area contributed by atoms with Crippen LogP contribution in [0.5, 0.6) is 11.5 Å². The normalized spacial score (nSPS) is 17.6. The van der Waals surface area contributed by atoms with Crippen molar-refractivity contribution in [3.05, 3.63) is 35.9 Å². The Morgan fingerprint density at radius 3 is 2.68 bits per heavy atom. The van der Waals surface area contributed by atoms with Crippen LogP contribution < -0.4 is 9.47 Å². The van der Waals surface area contributed by atoms with Gasteiger partial charge in [0.25, 0.3) is 0 Å². The van der Waals surface area contributed by atoms with Crippen molar-refractivity contribution in [3.63, 3.8) is 0 Å². The second-order valence-corrected chi connectivity index (χ2v) is 6.61. The number of benzene rings is 1. The number of hydrogen-bond donors (Lipinski definition) is 0. The van der Waals surface area contributed by atoms with E-state index in [4.69, 9.17) is 9.47 Å². The molecule has 1 amide bonds. The Hall–Kier alpha value is -2.57. The van der Waals surface area contributed by atoms with Gasteiger partial charge in [0.1, 0.15) is 25.4 Å². The van der Waals surface area contributed by atoms with Gasteiger partial charge in [-0.15, -0.1) is 10.2 Å². The summed E-state index contributed by atoms with van der Waals surface area (Å²) in [4.78, 5) is 14.6. The predicted octanol–water partition coefficient (Wildman–Crippen LogP) is 1.53. The van der Waals surface area contributed by atoms with Crippen molar-refractivity contribution >= 4 is 5.91 Å². The lowest BCUT2D eigenvalue weighted by atomic mass is 9.95. The van der Waals surface area contributed by atoms with Gasteiger partial charge in [0, 0.05) is 26.1 Å². The molecule has 7 nitrogen and oxygen atoms in total. The van der Waals surface area contributed by atoms with Gasteiger partial charge in [-0.3, -0.25) is 4.79 Å². The van der Waals surface area contributed by atoms with Gasteiger partial charge in [-0.25, -0.2) is 0 Å². The molecule has 1 aromatic heterocycles. The summed E-state index contributed by atoms with van der Waals surface area (Å²) in [5, 5.41) is 8.15. The number of rotatable bonds is 3. The summed E-state index contributed by atoms with van der Waals surface area (Å²) in [5.74, 6) is 3.04. The summed E-state index contributed by atoms with van der Waals surface area (Å²) < 4.78 is 13.1. The van der Waals surface area contributed by atoms with Crippen LogP contribution in [0.4, 0.5) is 0 Å². The van der Waals surface area contributed by atoms with Crippen LogP contribution >= 0.6 is 0 Å².